The molecule has 1 aliphatic heterocycles. The van der Waals surface area contributed by atoms with Crippen molar-refractivity contribution in [3.63, 3.8) is 0 Å². The maximum Gasteiger partial charge on any atom is 0.191 e. The summed E-state index contributed by atoms with van der Waals surface area (Å²) in [5.41, 5.74) is 0. The molecule has 0 radical (unpaired) electrons. The lowest BCUT2D eigenvalue weighted by Crippen LogP contribution is -2.45. The van der Waals surface area contributed by atoms with E-state index in [9.17, 15) is 8.42 Å². The van der Waals surface area contributed by atoms with Crippen molar-refractivity contribution in [1.29, 1.82) is 0 Å². The SMILES string of the molecule is CCNC(=NCCOCCS(C)(=O)=O)NC1CC(C)N(C2CC2)C1. The normalized spacial score (nSPS) is 25.9. The summed E-state index contributed by atoms with van der Waals surface area (Å²) in [6.45, 7) is 7.44. The molecule has 0 aromatic carbocycles. The van der Waals surface area contributed by atoms with E-state index >= 15 is 0 Å². The molecule has 0 spiro atoms. The van der Waals surface area contributed by atoms with E-state index in [2.05, 4.69) is 27.4 Å². The molecule has 1 saturated heterocycles. The smallest absolute Gasteiger partial charge is 0.191 e. The predicted octanol–water partition coefficient (Wildman–Crippen LogP) is 0.228. The zero-order valence-electron chi connectivity index (χ0n) is 15.1. The van der Waals surface area contributed by atoms with Crippen molar-refractivity contribution in [2.45, 2.75) is 51.2 Å². The molecule has 1 aliphatic carbocycles. The van der Waals surface area contributed by atoms with Crippen LogP contribution in [0, 0.1) is 0 Å². The van der Waals surface area contributed by atoms with Crippen LogP contribution in [0.3, 0.4) is 0 Å². The Hall–Kier alpha value is -0.860. The van der Waals surface area contributed by atoms with E-state index in [0.717, 1.165) is 31.5 Å². The fourth-order valence-corrected chi connectivity index (χ4v) is 3.54. The summed E-state index contributed by atoms with van der Waals surface area (Å²) in [4.78, 5) is 7.13. The van der Waals surface area contributed by atoms with Crippen molar-refractivity contribution in [3.05, 3.63) is 0 Å². The van der Waals surface area contributed by atoms with E-state index < -0.39 is 9.84 Å². The molecule has 2 fully saturated rings. The fraction of sp³-hybridized carbons (Fsp3) is 0.938. The standard InChI is InChI=1S/C16H32N4O3S/c1-4-17-16(18-7-8-23-9-10-24(3,21)22)19-14-11-13(2)20(12-14)15-5-6-15/h13-15H,4-12H2,1-3H3,(H2,17,18,19). The summed E-state index contributed by atoms with van der Waals surface area (Å²) >= 11 is 0. The van der Waals surface area contributed by atoms with Gasteiger partial charge in [0.15, 0.2) is 5.96 Å². The lowest BCUT2D eigenvalue weighted by molar-refractivity contribution is 0.157. The van der Waals surface area contributed by atoms with Crippen LogP contribution in [0.25, 0.3) is 0 Å². The fourth-order valence-electron chi connectivity index (χ4n) is 3.12. The van der Waals surface area contributed by atoms with Crippen LogP contribution >= 0.6 is 0 Å². The summed E-state index contributed by atoms with van der Waals surface area (Å²) < 4.78 is 27.4. The maximum absolute atomic E-state index is 11.0. The van der Waals surface area contributed by atoms with Gasteiger partial charge in [-0.15, -0.1) is 0 Å². The molecule has 2 aliphatic rings. The zero-order valence-corrected chi connectivity index (χ0v) is 15.9. The van der Waals surface area contributed by atoms with Crippen LogP contribution in [0.4, 0.5) is 0 Å². The Morgan fingerprint density at radius 2 is 2.08 bits per heavy atom. The molecule has 0 aromatic heterocycles. The van der Waals surface area contributed by atoms with Gasteiger partial charge < -0.3 is 15.4 Å². The molecule has 140 valence electrons. The Balaban J connectivity index is 1.70. The van der Waals surface area contributed by atoms with Gasteiger partial charge in [-0.05, 0) is 33.1 Å². The third-order valence-corrected chi connectivity index (χ3v) is 5.34. The molecule has 1 heterocycles. The number of sulfone groups is 1. The number of hydrogen-bond acceptors (Lipinski definition) is 5. The predicted molar refractivity (Wildman–Crippen MR) is 97.2 cm³/mol. The highest BCUT2D eigenvalue weighted by Gasteiger charge is 2.38. The Morgan fingerprint density at radius 1 is 1.33 bits per heavy atom. The molecular formula is C16H32N4O3S. The van der Waals surface area contributed by atoms with Gasteiger partial charge in [0.2, 0.25) is 0 Å². The van der Waals surface area contributed by atoms with Gasteiger partial charge in [0.05, 0.1) is 25.5 Å². The van der Waals surface area contributed by atoms with Crippen molar-refractivity contribution in [2.75, 3.05) is 44.9 Å². The van der Waals surface area contributed by atoms with Crippen LogP contribution in [0.15, 0.2) is 4.99 Å². The van der Waals surface area contributed by atoms with Gasteiger partial charge in [-0.25, -0.2) is 8.42 Å². The third-order valence-electron chi connectivity index (χ3n) is 4.43. The van der Waals surface area contributed by atoms with Gasteiger partial charge in [-0.2, -0.15) is 0 Å². The minimum Gasteiger partial charge on any atom is -0.378 e. The van der Waals surface area contributed by atoms with Crippen molar-refractivity contribution < 1.29 is 13.2 Å². The molecule has 2 rings (SSSR count). The first-order valence-electron chi connectivity index (χ1n) is 8.95. The number of nitrogens with one attached hydrogen (secondary N) is 2. The molecular weight excluding hydrogens is 328 g/mol. The van der Waals surface area contributed by atoms with Crippen molar-refractivity contribution in [2.24, 2.45) is 4.99 Å². The highest BCUT2D eigenvalue weighted by atomic mass is 32.2. The van der Waals surface area contributed by atoms with Crippen LogP contribution in [-0.4, -0.2) is 82.3 Å². The average molecular weight is 361 g/mol. The second-order valence-corrected chi connectivity index (χ2v) is 9.12. The van der Waals surface area contributed by atoms with Crippen LogP contribution in [0.2, 0.25) is 0 Å². The van der Waals surface area contributed by atoms with Crippen LogP contribution < -0.4 is 10.6 Å². The third kappa shape index (κ3) is 6.94. The summed E-state index contributed by atoms with van der Waals surface area (Å²) in [6, 6.07) is 1.87. The number of ether oxygens (including phenoxy) is 1. The van der Waals surface area contributed by atoms with E-state index in [1.54, 1.807) is 0 Å². The van der Waals surface area contributed by atoms with E-state index in [1.807, 2.05) is 6.92 Å². The number of likely N-dealkylation sites (tertiary alicyclic amines) is 1. The first-order chi connectivity index (χ1) is 11.4. The summed E-state index contributed by atoms with van der Waals surface area (Å²) in [6.07, 6.45) is 5.05. The van der Waals surface area contributed by atoms with Crippen LogP contribution in [-0.2, 0) is 14.6 Å². The average Bonchev–Trinajstić information content (AvgIpc) is 3.26. The minimum atomic E-state index is -2.95. The Kier molecular flexibility index (Phi) is 7.31. The van der Waals surface area contributed by atoms with Gasteiger partial charge in [0.25, 0.3) is 0 Å². The van der Waals surface area contributed by atoms with E-state index in [-0.39, 0.29) is 12.4 Å². The largest absolute Gasteiger partial charge is 0.378 e. The second kappa shape index (κ2) is 9.01. The maximum atomic E-state index is 11.0. The molecule has 2 N–H and O–H groups in total. The molecule has 24 heavy (non-hydrogen) atoms. The Morgan fingerprint density at radius 3 is 2.71 bits per heavy atom. The summed E-state index contributed by atoms with van der Waals surface area (Å²) in [5, 5.41) is 6.79. The van der Waals surface area contributed by atoms with Crippen molar-refractivity contribution >= 4 is 15.8 Å². The Bertz CT molecular complexity index is 519. The second-order valence-electron chi connectivity index (χ2n) is 6.86. The van der Waals surface area contributed by atoms with Crippen LogP contribution in [0.1, 0.15) is 33.1 Å². The molecule has 2 atom stereocenters. The molecule has 7 nitrogen and oxygen atoms in total. The Labute approximate surface area is 146 Å². The van der Waals surface area contributed by atoms with Gasteiger partial charge in [-0.1, -0.05) is 0 Å². The lowest BCUT2D eigenvalue weighted by Gasteiger charge is -2.20. The minimum absolute atomic E-state index is 0.0615. The number of nitrogens with zero attached hydrogens (tertiary/aromatic N) is 2. The molecule has 2 unspecified atom stereocenters. The molecule has 1 saturated carbocycles. The van der Waals surface area contributed by atoms with Gasteiger partial charge >= 0.3 is 0 Å². The summed E-state index contributed by atoms with van der Waals surface area (Å²) in [5.74, 6) is 0.880. The lowest BCUT2D eigenvalue weighted by atomic mass is 10.2. The first kappa shape index (κ1) is 19.5. The number of hydrogen-bond donors (Lipinski definition) is 2. The van der Waals surface area contributed by atoms with E-state index in [4.69, 9.17) is 4.74 Å². The van der Waals surface area contributed by atoms with E-state index in [1.165, 1.54) is 19.1 Å². The summed E-state index contributed by atoms with van der Waals surface area (Å²) in [7, 11) is -2.95. The van der Waals surface area contributed by atoms with Gasteiger partial charge in [0, 0.05) is 37.5 Å². The highest BCUT2D eigenvalue weighted by molar-refractivity contribution is 7.90. The van der Waals surface area contributed by atoms with Gasteiger partial charge in [-0.3, -0.25) is 9.89 Å². The molecule has 8 heteroatoms. The molecule has 0 bridgehead atoms. The highest BCUT2D eigenvalue weighted by Crippen LogP contribution is 2.33. The van der Waals surface area contributed by atoms with Crippen LogP contribution in [0.5, 0.6) is 0 Å². The topological polar surface area (TPSA) is 83.0 Å². The van der Waals surface area contributed by atoms with Crippen molar-refractivity contribution in [3.8, 4) is 0 Å². The molecule has 0 amide bonds. The van der Waals surface area contributed by atoms with Crippen molar-refractivity contribution in [1.82, 2.24) is 15.5 Å². The van der Waals surface area contributed by atoms with Gasteiger partial charge in [0.1, 0.15) is 9.84 Å². The number of aliphatic imine (C=N–C) groups is 1. The first-order valence-corrected chi connectivity index (χ1v) is 11.0. The molecule has 0 aromatic rings. The number of rotatable bonds is 9. The monoisotopic (exact) mass is 360 g/mol. The number of guanidine groups is 1. The zero-order chi connectivity index (χ0) is 17.6. The van der Waals surface area contributed by atoms with E-state index in [0.29, 0.717) is 25.2 Å². The quantitative estimate of drug-likeness (QED) is 0.348.